The molecule has 140 valence electrons. The Morgan fingerprint density at radius 1 is 1.12 bits per heavy atom. The molecule has 2 N–H and O–H groups in total. The second kappa shape index (κ2) is 7.19. The average Bonchev–Trinajstić information content (AvgIpc) is 3.25. The van der Waals surface area contributed by atoms with Crippen molar-refractivity contribution in [1.82, 2.24) is 29.6 Å². The maximum Gasteiger partial charge on any atom is 0.222 e. The molecule has 1 atom stereocenters. The van der Waals surface area contributed by atoms with Gasteiger partial charge < -0.3 is 15.2 Å². The zero-order valence-electron chi connectivity index (χ0n) is 15.7. The van der Waals surface area contributed by atoms with Crippen molar-refractivity contribution in [2.24, 2.45) is 7.05 Å². The number of anilines is 2. The van der Waals surface area contributed by atoms with Gasteiger partial charge in [0.25, 0.3) is 0 Å². The van der Waals surface area contributed by atoms with Gasteiger partial charge in [-0.05, 0) is 45.7 Å². The smallest absolute Gasteiger partial charge is 0.222 e. The fourth-order valence-corrected chi connectivity index (χ4v) is 4.14. The quantitative estimate of drug-likeness (QED) is 0.887. The first-order valence-corrected chi connectivity index (χ1v) is 9.57. The van der Waals surface area contributed by atoms with E-state index in [1.54, 1.807) is 0 Å². The van der Waals surface area contributed by atoms with Crippen LogP contribution in [0.2, 0.25) is 0 Å². The molecule has 4 rings (SSSR count). The van der Waals surface area contributed by atoms with Crippen LogP contribution in [0.1, 0.15) is 48.9 Å². The molecular weight excluding hydrogens is 328 g/mol. The van der Waals surface area contributed by atoms with Crippen LogP contribution in [0.4, 0.5) is 11.8 Å². The van der Waals surface area contributed by atoms with Crippen molar-refractivity contribution in [3.63, 3.8) is 0 Å². The first kappa shape index (κ1) is 17.2. The lowest BCUT2D eigenvalue weighted by atomic mass is 9.97. The second-order valence-electron chi connectivity index (χ2n) is 7.53. The lowest BCUT2D eigenvalue weighted by molar-refractivity contribution is 0.317. The highest BCUT2D eigenvalue weighted by Gasteiger charge is 2.27. The van der Waals surface area contributed by atoms with Crippen LogP contribution in [0.5, 0.6) is 0 Å². The van der Waals surface area contributed by atoms with Gasteiger partial charge in [0.05, 0.1) is 6.54 Å². The molecule has 0 saturated carbocycles. The first-order valence-electron chi connectivity index (χ1n) is 9.57. The van der Waals surface area contributed by atoms with Gasteiger partial charge in [0.1, 0.15) is 17.5 Å². The minimum absolute atomic E-state index is 0.341. The number of nitrogens with two attached hydrogens (primary N) is 1. The van der Waals surface area contributed by atoms with E-state index in [0.717, 1.165) is 55.6 Å². The molecule has 0 bridgehead atoms. The third-order valence-electron chi connectivity index (χ3n) is 5.53. The van der Waals surface area contributed by atoms with Gasteiger partial charge in [0.2, 0.25) is 5.95 Å². The summed E-state index contributed by atoms with van der Waals surface area (Å²) in [6.07, 6.45) is 4.83. The zero-order chi connectivity index (χ0) is 18.1. The SMILES string of the molecule is Cc1cc(N2CCC[C@@H](c3nnc(CN4CCCC4)n3C)C2)nc(N)n1. The van der Waals surface area contributed by atoms with Gasteiger partial charge in [-0.1, -0.05) is 0 Å². The lowest BCUT2D eigenvalue weighted by Gasteiger charge is -2.33. The Hall–Kier alpha value is -2.22. The first-order chi connectivity index (χ1) is 12.6. The molecule has 0 unspecified atom stereocenters. The normalized spacial score (nSPS) is 21.5. The molecule has 8 heteroatoms. The number of nitrogens with zero attached hydrogens (tertiary/aromatic N) is 7. The maximum absolute atomic E-state index is 5.84. The molecule has 2 aliphatic heterocycles. The summed E-state index contributed by atoms with van der Waals surface area (Å²) in [6.45, 7) is 7.09. The molecule has 2 aromatic heterocycles. The summed E-state index contributed by atoms with van der Waals surface area (Å²) < 4.78 is 2.20. The number of hydrogen-bond donors (Lipinski definition) is 1. The summed E-state index contributed by atoms with van der Waals surface area (Å²) in [5.74, 6) is 3.78. The molecule has 0 aromatic carbocycles. The third kappa shape index (κ3) is 3.51. The molecular formula is C18H28N8. The van der Waals surface area contributed by atoms with Crippen LogP contribution in [-0.4, -0.2) is 55.8 Å². The van der Waals surface area contributed by atoms with Crippen molar-refractivity contribution in [2.75, 3.05) is 36.8 Å². The summed E-state index contributed by atoms with van der Waals surface area (Å²) in [4.78, 5) is 13.4. The largest absolute Gasteiger partial charge is 0.368 e. The number of aryl methyl sites for hydroxylation is 1. The number of hydrogen-bond acceptors (Lipinski definition) is 7. The molecule has 4 heterocycles. The number of piperidine rings is 1. The fraction of sp³-hybridized carbons (Fsp3) is 0.667. The van der Waals surface area contributed by atoms with E-state index in [1.807, 2.05) is 13.0 Å². The van der Waals surface area contributed by atoms with E-state index in [1.165, 1.54) is 25.9 Å². The Kier molecular flexibility index (Phi) is 4.76. The zero-order valence-corrected chi connectivity index (χ0v) is 15.7. The van der Waals surface area contributed by atoms with Crippen LogP contribution in [0, 0.1) is 6.92 Å². The molecule has 2 saturated heterocycles. The molecule has 0 amide bonds. The highest BCUT2D eigenvalue weighted by Crippen LogP contribution is 2.29. The molecule has 0 aliphatic carbocycles. The van der Waals surface area contributed by atoms with E-state index in [9.17, 15) is 0 Å². The Morgan fingerprint density at radius 2 is 1.92 bits per heavy atom. The Balaban J connectivity index is 1.50. The summed E-state index contributed by atoms with van der Waals surface area (Å²) in [5, 5.41) is 9.03. The van der Waals surface area contributed by atoms with Gasteiger partial charge in [-0.2, -0.15) is 4.98 Å². The van der Waals surface area contributed by atoms with Crippen LogP contribution in [0.15, 0.2) is 6.07 Å². The van der Waals surface area contributed by atoms with Crippen LogP contribution in [0.25, 0.3) is 0 Å². The van der Waals surface area contributed by atoms with Gasteiger partial charge in [0.15, 0.2) is 0 Å². The van der Waals surface area contributed by atoms with E-state index in [2.05, 4.69) is 41.6 Å². The van der Waals surface area contributed by atoms with Crippen molar-refractivity contribution in [3.8, 4) is 0 Å². The monoisotopic (exact) mass is 356 g/mol. The summed E-state index contributed by atoms with van der Waals surface area (Å²) >= 11 is 0. The molecule has 8 nitrogen and oxygen atoms in total. The van der Waals surface area contributed by atoms with Crippen molar-refractivity contribution in [1.29, 1.82) is 0 Å². The second-order valence-corrected chi connectivity index (χ2v) is 7.53. The number of likely N-dealkylation sites (tertiary alicyclic amines) is 1. The standard InChI is InChI=1S/C18H28N8/c1-13-10-15(21-18(19)20-13)26-9-5-6-14(11-26)17-23-22-16(24(17)2)12-25-7-3-4-8-25/h10,14H,3-9,11-12H2,1-2H3,(H2,19,20,21)/t14-/m1/s1. The van der Waals surface area contributed by atoms with E-state index >= 15 is 0 Å². The highest BCUT2D eigenvalue weighted by atomic mass is 15.3. The summed E-state index contributed by atoms with van der Waals surface area (Å²) in [7, 11) is 2.10. The van der Waals surface area contributed by atoms with E-state index < -0.39 is 0 Å². The molecule has 2 aromatic rings. The van der Waals surface area contributed by atoms with Crippen molar-refractivity contribution in [3.05, 3.63) is 23.4 Å². The van der Waals surface area contributed by atoms with Crippen molar-refractivity contribution >= 4 is 11.8 Å². The molecule has 2 fully saturated rings. The minimum atomic E-state index is 0.341. The van der Waals surface area contributed by atoms with Crippen LogP contribution in [-0.2, 0) is 13.6 Å². The van der Waals surface area contributed by atoms with Crippen LogP contribution >= 0.6 is 0 Å². The van der Waals surface area contributed by atoms with Crippen LogP contribution < -0.4 is 10.6 Å². The molecule has 2 aliphatic rings. The van der Waals surface area contributed by atoms with E-state index in [0.29, 0.717) is 11.9 Å². The predicted molar refractivity (Wildman–Crippen MR) is 101 cm³/mol. The van der Waals surface area contributed by atoms with Gasteiger partial charge in [-0.15, -0.1) is 10.2 Å². The highest BCUT2D eigenvalue weighted by molar-refractivity contribution is 5.44. The van der Waals surface area contributed by atoms with Gasteiger partial charge in [-0.3, -0.25) is 4.90 Å². The van der Waals surface area contributed by atoms with Crippen LogP contribution in [0.3, 0.4) is 0 Å². The third-order valence-corrected chi connectivity index (χ3v) is 5.53. The summed E-state index contributed by atoms with van der Waals surface area (Å²) in [6, 6.07) is 2.01. The number of aromatic nitrogens is 5. The van der Waals surface area contributed by atoms with Crippen molar-refractivity contribution in [2.45, 2.75) is 45.1 Å². The molecule has 0 spiro atoms. The summed E-state index contributed by atoms with van der Waals surface area (Å²) in [5.41, 5.74) is 6.74. The topological polar surface area (TPSA) is 89.0 Å². The van der Waals surface area contributed by atoms with Gasteiger partial charge in [-0.25, -0.2) is 4.98 Å². The van der Waals surface area contributed by atoms with Gasteiger partial charge in [0, 0.05) is 37.8 Å². The Morgan fingerprint density at radius 3 is 2.69 bits per heavy atom. The van der Waals surface area contributed by atoms with E-state index in [-0.39, 0.29) is 0 Å². The molecule has 26 heavy (non-hydrogen) atoms. The predicted octanol–water partition coefficient (Wildman–Crippen LogP) is 1.48. The van der Waals surface area contributed by atoms with Crippen molar-refractivity contribution < 1.29 is 0 Å². The van der Waals surface area contributed by atoms with E-state index in [4.69, 9.17) is 5.73 Å². The molecule has 0 radical (unpaired) electrons. The Labute approximate surface area is 154 Å². The number of nitrogen functional groups attached to an aromatic ring is 1. The average molecular weight is 356 g/mol. The minimum Gasteiger partial charge on any atom is -0.368 e. The number of rotatable bonds is 4. The Bertz CT molecular complexity index is 744. The maximum atomic E-state index is 5.84. The lowest BCUT2D eigenvalue weighted by Crippen LogP contribution is -2.36. The van der Waals surface area contributed by atoms with Gasteiger partial charge >= 0.3 is 0 Å². The fourth-order valence-electron chi connectivity index (χ4n) is 4.14.